The molecule has 7 heteroatoms. The van der Waals surface area contributed by atoms with Crippen molar-refractivity contribution in [2.75, 3.05) is 7.11 Å². The van der Waals surface area contributed by atoms with Crippen LogP contribution in [0.1, 0.15) is 11.3 Å². The summed E-state index contributed by atoms with van der Waals surface area (Å²) < 4.78 is 41.1. The molecule has 1 heterocycles. The molecule has 0 fully saturated rings. The Hall–Kier alpha value is -3.06. The van der Waals surface area contributed by atoms with E-state index < -0.39 is 15.7 Å². The molecule has 0 unspecified atom stereocenters. The van der Waals surface area contributed by atoms with Crippen LogP contribution in [0.25, 0.3) is 11.1 Å². The van der Waals surface area contributed by atoms with Crippen LogP contribution in [0, 0.1) is 13.8 Å². The summed E-state index contributed by atoms with van der Waals surface area (Å²) in [5.74, 6) is 0.507. The first kappa shape index (κ1) is 18.7. The van der Waals surface area contributed by atoms with Crippen molar-refractivity contribution in [2.24, 2.45) is 0 Å². The number of benzene rings is 2. The van der Waals surface area contributed by atoms with E-state index >= 15 is 0 Å². The fraction of sp³-hybridized carbons (Fsp3) is 0.150. The van der Waals surface area contributed by atoms with Gasteiger partial charge in [-0.15, -0.1) is 0 Å². The van der Waals surface area contributed by atoms with Gasteiger partial charge >= 0.3 is 15.7 Å². The normalized spacial score (nSPS) is 11.2. The molecule has 0 aliphatic carbocycles. The number of para-hydroxylation sites is 1. The second kappa shape index (κ2) is 7.28. The second-order valence-corrected chi connectivity index (χ2v) is 7.48. The third-order valence-corrected chi connectivity index (χ3v) is 5.17. The molecule has 1 aromatic heterocycles. The molecular formula is C20H18O6S. The van der Waals surface area contributed by atoms with E-state index in [2.05, 4.69) is 0 Å². The van der Waals surface area contributed by atoms with Crippen LogP contribution in [-0.4, -0.2) is 15.5 Å². The Labute approximate surface area is 157 Å². The third-order valence-electron chi connectivity index (χ3n) is 3.92. The van der Waals surface area contributed by atoms with E-state index in [0.29, 0.717) is 11.3 Å². The molecule has 6 nitrogen and oxygen atoms in total. The van der Waals surface area contributed by atoms with Gasteiger partial charge in [0.2, 0.25) is 0 Å². The summed E-state index contributed by atoms with van der Waals surface area (Å²) in [7, 11) is -2.68. The second-order valence-electron chi connectivity index (χ2n) is 5.93. The highest BCUT2D eigenvalue weighted by Gasteiger charge is 2.24. The third kappa shape index (κ3) is 3.88. The van der Waals surface area contributed by atoms with E-state index in [1.807, 2.05) is 6.92 Å². The number of hydrogen-bond donors (Lipinski definition) is 0. The molecule has 0 radical (unpaired) electrons. The van der Waals surface area contributed by atoms with Crippen molar-refractivity contribution in [3.63, 3.8) is 0 Å². The Morgan fingerprint density at radius 2 is 1.59 bits per heavy atom. The van der Waals surface area contributed by atoms with Gasteiger partial charge in [0.05, 0.1) is 7.11 Å². The maximum atomic E-state index is 12.7. The highest BCUT2D eigenvalue weighted by atomic mass is 32.2. The monoisotopic (exact) mass is 386 g/mol. The van der Waals surface area contributed by atoms with Gasteiger partial charge in [0, 0.05) is 11.6 Å². The number of hydrogen-bond acceptors (Lipinski definition) is 6. The van der Waals surface area contributed by atoms with E-state index in [-0.39, 0.29) is 22.0 Å². The zero-order valence-corrected chi connectivity index (χ0v) is 15.9. The van der Waals surface area contributed by atoms with Crippen LogP contribution in [0.4, 0.5) is 0 Å². The van der Waals surface area contributed by atoms with Gasteiger partial charge in [-0.05, 0) is 32.0 Å². The van der Waals surface area contributed by atoms with Crippen molar-refractivity contribution in [1.29, 1.82) is 0 Å². The fourth-order valence-electron chi connectivity index (χ4n) is 2.61. The van der Waals surface area contributed by atoms with Gasteiger partial charge < -0.3 is 13.3 Å². The van der Waals surface area contributed by atoms with Crippen LogP contribution in [0.2, 0.25) is 0 Å². The average Bonchev–Trinajstić information content (AvgIpc) is 2.61. The van der Waals surface area contributed by atoms with Gasteiger partial charge in [-0.3, -0.25) is 0 Å². The highest BCUT2D eigenvalue weighted by Crippen LogP contribution is 2.35. The van der Waals surface area contributed by atoms with Crippen molar-refractivity contribution < 1.29 is 21.8 Å². The molecule has 0 amide bonds. The standard InChI is InChI=1S/C20H18O6S/c1-13-8-10-15(11-9-13)27(22,23)26-18-12-14(2)25-20(21)19(18)16-6-4-5-7-17(16)24-3/h4-12H,1-3H3. The molecule has 2 aromatic carbocycles. The van der Waals surface area contributed by atoms with E-state index in [1.54, 1.807) is 43.3 Å². The number of rotatable bonds is 5. The Morgan fingerprint density at radius 1 is 0.926 bits per heavy atom. The lowest BCUT2D eigenvalue weighted by atomic mass is 10.1. The lowest BCUT2D eigenvalue weighted by Crippen LogP contribution is -2.14. The Bertz CT molecular complexity index is 1130. The number of methoxy groups -OCH3 is 1. The van der Waals surface area contributed by atoms with Crippen LogP contribution in [0.15, 0.2) is 68.7 Å². The Balaban J connectivity index is 2.16. The van der Waals surface area contributed by atoms with Crippen LogP contribution < -0.4 is 14.5 Å². The van der Waals surface area contributed by atoms with Gasteiger partial charge in [-0.2, -0.15) is 8.42 Å². The van der Waals surface area contributed by atoms with Gasteiger partial charge in [-0.25, -0.2) is 4.79 Å². The fourth-order valence-corrected chi connectivity index (χ4v) is 3.55. The molecule has 0 saturated heterocycles. The highest BCUT2D eigenvalue weighted by molar-refractivity contribution is 7.87. The minimum atomic E-state index is -4.14. The maximum Gasteiger partial charge on any atom is 0.347 e. The zero-order chi connectivity index (χ0) is 19.6. The SMILES string of the molecule is COc1ccccc1-c1c(OS(=O)(=O)c2ccc(C)cc2)cc(C)oc1=O. The molecule has 27 heavy (non-hydrogen) atoms. The molecule has 0 aliphatic rings. The van der Waals surface area contributed by atoms with Gasteiger partial charge in [0.25, 0.3) is 0 Å². The largest absolute Gasteiger partial charge is 0.496 e. The summed E-state index contributed by atoms with van der Waals surface area (Å²) >= 11 is 0. The van der Waals surface area contributed by atoms with Crippen molar-refractivity contribution in [3.8, 4) is 22.6 Å². The van der Waals surface area contributed by atoms with E-state index in [1.165, 1.54) is 25.3 Å². The first-order chi connectivity index (χ1) is 12.8. The molecule has 0 N–H and O–H groups in total. The molecule has 0 saturated carbocycles. The Morgan fingerprint density at radius 3 is 2.26 bits per heavy atom. The van der Waals surface area contributed by atoms with Crippen molar-refractivity contribution >= 4 is 10.1 Å². The lowest BCUT2D eigenvalue weighted by molar-refractivity contribution is 0.414. The molecule has 0 bridgehead atoms. The quantitative estimate of drug-likeness (QED) is 0.622. The summed E-state index contributed by atoms with van der Waals surface area (Å²) in [6.07, 6.45) is 0. The number of aryl methyl sites for hydroxylation is 2. The van der Waals surface area contributed by atoms with Crippen LogP contribution in [0.5, 0.6) is 11.5 Å². The summed E-state index contributed by atoms with van der Waals surface area (Å²) in [5, 5.41) is 0. The summed E-state index contributed by atoms with van der Waals surface area (Å²) in [6, 6.07) is 14.3. The molecular weight excluding hydrogens is 368 g/mol. The van der Waals surface area contributed by atoms with E-state index in [0.717, 1.165) is 5.56 Å². The molecule has 140 valence electrons. The first-order valence-electron chi connectivity index (χ1n) is 8.11. The van der Waals surface area contributed by atoms with Gasteiger partial charge in [0.15, 0.2) is 5.75 Å². The summed E-state index contributed by atoms with van der Waals surface area (Å²) in [6.45, 7) is 3.39. The molecule has 0 atom stereocenters. The number of ether oxygens (including phenoxy) is 1. The minimum absolute atomic E-state index is 0.00929. The summed E-state index contributed by atoms with van der Waals surface area (Å²) in [5.41, 5.74) is 0.560. The lowest BCUT2D eigenvalue weighted by Gasteiger charge is -2.13. The van der Waals surface area contributed by atoms with Crippen molar-refractivity contribution in [2.45, 2.75) is 18.7 Å². The molecule has 3 aromatic rings. The zero-order valence-electron chi connectivity index (χ0n) is 15.1. The van der Waals surface area contributed by atoms with Crippen molar-refractivity contribution in [1.82, 2.24) is 0 Å². The summed E-state index contributed by atoms with van der Waals surface area (Å²) in [4.78, 5) is 12.5. The van der Waals surface area contributed by atoms with Crippen molar-refractivity contribution in [3.05, 3.63) is 76.3 Å². The molecule has 0 spiro atoms. The van der Waals surface area contributed by atoms with Crippen LogP contribution in [0.3, 0.4) is 0 Å². The average molecular weight is 386 g/mol. The predicted octanol–water partition coefficient (Wildman–Crippen LogP) is 3.70. The van der Waals surface area contributed by atoms with Gasteiger partial charge in [-0.1, -0.05) is 35.9 Å². The molecule has 3 rings (SSSR count). The smallest absolute Gasteiger partial charge is 0.347 e. The predicted molar refractivity (Wildman–Crippen MR) is 101 cm³/mol. The van der Waals surface area contributed by atoms with Crippen LogP contribution >= 0.6 is 0 Å². The first-order valence-corrected chi connectivity index (χ1v) is 9.52. The van der Waals surface area contributed by atoms with E-state index in [4.69, 9.17) is 13.3 Å². The Kier molecular flexibility index (Phi) is 5.05. The topological polar surface area (TPSA) is 82.8 Å². The maximum absolute atomic E-state index is 12.7. The minimum Gasteiger partial charge on any atom is -0.496 e. The van der Waals surface area contributed by atoms with Crippen LogP contribution in [-0.2, 0) is 10.1 Å². The van der Waals surface area contributed by atoms with Gasteiger partial charge in [0.1, 0.15) is 22.0 Å². The van der Waals surface area contributed by atoms with E-state index in [9.17, 15) is 13.2 Å². The molecule has 0 aliphatic heterocycles.